The summed E-state index contributed by atoms with van der Waals surface area (Å²) in [6.07, 6.45) is 5.13. The van der Waals surface area contributed by atoms with Gasteiger partial charge in [0.25, 0.3) is 0 Å². The van der Waals surface area contributed by atoms with Crippen LogP contribution >= 0.6 is 0 Å². The van der Waals surface area contributed by atoms with Gasteiger partial charge in [0.15, 0.2) is 0 Å². The summed E-state index contributed by atoms with van der Waals surface area (Å²) in [4.78, 5) is 0. The van der Waals surface area contributed by atoms with Gasteiger partial charge < -0.3 is 14.8 Å². The van der Waals surface area contributed by atoms with Crippen LogP contribution in [0.5, 0.6) is 11.5 Å². The monoisotopic (exact) mass is 263 g/mol. The molecule has 0 bridgehead atoms. The van der Waals surface area contributed by atoms with Crippen LogP contribution in [0, 0.1) is 5.92 Å². The lowest BCUT2D eigenvalue weighted by Crippen LogP contribution is -2.22. The molecular formula is C16H25NO2. The van der Waals surface area contributed by atoms with Crippen molar-refractivity contribution >= 4 is 0 Å². The van der Waals surface area contributed by atoms with Gasteiger partial charge in [0, 0.05) is 12.1 Å². The molecule has 1 aromatic carbocycles. The molecule has 0 aromatic heterocycles. The predicted molar refractivity (Wildman–Crippen MR) is 77.9 cm³/mol. The van der Waals surface area contributed by atoms with Crippen molar-refractivity contribution in [3.63, 3.8) is 0 Å². The highest BCUT2D eigenvalue weighted by Gasteiger charge is 2.26. The third-order valence-corrected chi connectivity index (χ3v) is 3.68. The second-order valence-corrected chi connectivity index (χ2v) is 5.33. The van der Waals surface area contributed by atoms with Gasteiger partial charge in [-0.2, -0.15) is 0 Å². The second kappa shape index (κ2) is 6.80. The maximum atomic E-state index is 5.36. The number of methoxy groups -OCH3 is 2. The highest BCUT2D eigenvalue weighted by molar-refractivity contribution is 5.40. The Morgan fingerprint density at radius 3 is 2.26 bits per heavy atom. The van der Waals surface area contributed by atoms with E-state index in [1.54, 1.807) is 14.2 Å². The maximum absolute atomic E-state index is 5.36. The molecule has 0 radical (unpaired) electrons. The van der Waals surface area contributed by atoms with Crippen molar-refractivity contribution in [2.45, 2.75) is 38.6 Å². The van der Waals surface area contributed by atoms with E-state index in [-0.39, 0.29) is 0 Å². The van der Waals surface area contributed by atoms with Crippen LogP contribution in [-0.4, -0.2) is 20.8 Å². The number of benzene rings is 1. The van der Waals surface area contributed by atoms with E-state index >= 15 is 0 Å². The molecule has 1 fully saturated rings. The summed E-state index contributed by atoms with van der Waals surface area (Å²) < 4.78 is 10.7. The van der Waals surface area contributed by atoms with Crippen molar-refractivity contribution in [1.29, 1.82) is 0 Å². The maximum Gasteiger partial charge on any atom is 0.122 e. The summed E-state index contributed by atoms with van der Waals surface area (Å²) in [5.41, 5.74) is 1.27. The van der Waals surface area contributed by atoms with Gasteiger partial charge in [-0.25, -0.2) is 0 Å². The number of hydrogen-bond acceptors (Lipinski definition) is 3. The molecule has 19 heavy (non-hydrogen) atoms. The van der Waals surface area contributed by atoms with Crippen LogP contribution in [0.1, 0.15) is 44.2 Å². The molecular weight excluding hydrogens is 238 g/mol. The molecule has 106 valence electrons. The van der Waals surface area contributed by atoms with Gasteiger partial charge in [-0.1, -0.05) is 19.8 Å². The summed E-state index contributed by atoms with van der Waals surface area (Å²) in [5, 5.41) is 3.65. The third kappa shape index (κ3) is 4.13. The minimum Gasteiger partial charge on any atom is -0.497 e. The second-order valence-electron chi connectivity index (χ2n) is 5.33. The van der Waals surface area contributed by atoms with Crippen molar-refractivity contribution in [3.8, 4) is 11.5 Å². The standard InChI is InChI=1S/C16H25NO2/c1-4-7-17-16(8-12-5-6-12)13-9-14(18-2)11-15(10-13)19-3/h9-12,16-17H,4-8H2,1-3H3. The lowest BCUT2D eigenvalue weighted by molar-refractivity contribution is 0.389. The van der Waals surface area contributed by atoms with E-state index in [9.17, 15) is 0 Å². The number of nitrogens with one attached hydrogen (secondary N) is 1. The van der Waals surface area contributed by atoms with Crippen LogP contribution in [0.4, 0.5) is 0 Å². The molecule has 1 unspecified atom stereocenters. The van der Waals surface area contributed by atoms with Gasteiger partial charge >= 0.3 is 0 Å². The first kappa shape index (κ1) is 14.2. The summed E-state index contributed by atoms with van der Waals surface area (Å²) in [7, 11) is 3.40. The van der Waals surface area contributed by atoms with Crippen molar-refractivity contribution in [2.75, 3.05) is 20.8 Å². The van der Waals surface area contributed by atoms with E-state index in [4.69, 9.17) is 9.47 Å². The van der Waals surface area contributed by atoms with E-state index in [1.165, 1.54) is 24.8 Å². The molecule has 0 amide bonds. The van der Waals surface area contributed by atoms with Crippen LogP contribution in [0.3, 0.4) is 0 Å². The fraction of sp³-hybridized carbons (Fsp3) is 0.625. The average Bonchev–Trinajstić information content (AvgIpc) is 3.26. The molecule has 1 N–H and O–H groups in total. The van der Waals surface area contributed by atoms with Gasteiger partial charge in [-0.15, -0.1) is 0 Å². The molecule has 1 aromatic rings. The highest BCUT2D eigenvalue weighted by Crippen LogP contribution is 2.39. The zero-order valence-corrected chi connectivity index (χ0v) is 12.2. The SMILES string of the molecule is CCCNC(CC1CC1)c1cc(OC)cc(OC)c1. The minimum absolute atomic E-state index is 0.413. The van der Waals surface area contributed by atoms with Crippen LogP contribution in [-0.2, 0) is 0 Å². The normalized spacial score (nSPS) is 16.2. The fourth-order valence-electron chi connectivity index (χ4n) is 2.37. The molecule has 3 nitrogen and oxygen atoms in total. The molecule has 0 spiro atoms. The van der Waals surface area contributed by atoms with Crippen molar-refractivity contribution in [2.24, 2.45) is 5.92 Å². The smallest absolute Gasteiger partial charge is 0.122 e. The predicted octanol–water partition coefficient (Wildman–Crippen LogP) is 3.54. The number of hydrogen-bond donors (Lipinski definition) is 1. The summed E-state index contributed by atoms with van der Waals surface area (Å²) in [6, 6.07) is 6.59. The Balaban J connectivity index is 2.17. The molecule has 1 aliphatic carbocycles. The molecule has 0 saturated heterocycles. The van der Waals surface area contributed by atoms with Crippen LogP contribution < -0.4 is 14.8 Å². The largest absolute Gasteiger partial charge is 0.497 e. The Labute approximate surface area is 116 Å². The Morgan fingerprint density at radius 2 is 1.79 bits per heavy atom. The topological polar surface area (TPSA) is 30.5 Å². The first-order valence-corrected chi connectivity index (χ1v) is 7.23. The van der Waals surface area contributed by atoms with E-state index in [0.29, 0.717) is 6.04 Å². The summed E-state index contributed by atoms with van der Waals surface area (Å²) in [6.45, 7) is 3.25. The highest BCUT2D eigenvalue weighted by atomic mass is 16.5. The lowest BCUT2D eigenvalue weighted by Gasteiger charge is -2.20. The van der Waals surface area contributed by atoms with Crippen LogP contribution in [0.2, 0.25) is 0 Å². The van der Waals surface area contributed by atoms with Crippen LogP contribution in [0.25, 0.3) is 0 Å². The fourth-order valence-corrected chi connectivity index (χ4v) is 2.37. The zero-order chi connectivity index (χ0) is 13.7. The quantitative estimate of drug-likeness (QED) is 0.778. The van der Waals surface area contributed by atoms with Crippen molar-refractivity contribution in [3.05, 3.63) is 23.8 Å². The molecule has 0 heterocycles. The zero-order valence-electron chi connectivity index (χ0n) is 12.2. The number of ether oxygens (including phenoxy) is 2. The molecule has 3 heteroatoms. The Hall–Kier alpha value is -1.22. The van der Waals surface area contributed by atoms with Crippen LogP contribution in [0.15, 0.2) is 18.2 Å². The van der Waals surface area contributed by atoms with E-state index in [1.807, 2.05) is 6.07 Å². The van der Waals surface area contributed by atoms with Gasteiger partial charge in [-0.3, -0.25) is 0 Å². The first-order chi connectivity index (χ1) is 9.26. The van der Waals surface area contributed by atoms with Gasteiger partial charge in [-0.05, 0) is 43.0 Å². The van der Waals surface area contributed by atoms with E-state index in [0.717, 1.165) is 30.4 Å². The molecule has 0 aliphatic heterocycles. The van der Waals surface area contributed by atoms with Gasteiger partial charge in [0.2, 0.25) is 0 Å². The Bertz CT molecular complexity index is 379. The third-order valence-electron chi connectivity index (χ3n) is 3.68. The summed E-state index contributed by atoms with van der Waals surface area (Å²) >= 11 is 0. The molecule has 1 atom stereocenters. The van der Waals surface area contributed by atoms with E-state index < -0.39 is 0 Å². The molecule has 2 rings (SSSR count). The molecule has 1 aliphatic rings. The first-order valence-electron chi connectivity index (χ1n) is 7.23. The summed E-state index contributed by atoms with van der Waals surface area (Å²) in [5.74, 6) is 2.63. The minimum atomic E-state index is 0.413. The lowest BCUT2D eigenvalue weighted by atomic mass is 10.00. The van der Waals surface area contributed by atoms with E-state index in [2.05, 4.69) is 24.4 Å². The van der Waals surface area contributed by atoms with Gasteiger partial charge in [0.1, 0.15) is 11.5 Å². The van der Waals surface area contributed by atoms with Crippen molar-refractivity contribution in [1.82, 2.24) is 5.32 Å². The Kier molecular flexibility index (Phi) is 5.08. The van der Waals surface area contributed by atoms with Gasteiger partial charge in [0.05, 0.1) is 14.2 Å². The number of rotatable bonds is 8. The average molecular weight is 263 g/mol. The van der Waals surface area contributed by atoms with Crippen molar-refractivity contribution < 1.29 is 9.47 Å². The molecule has 1 saturated carbocycles. The Morgan fingerprint density at radius 1 is 1.16 bits per heavy atom.